The van der Waals surface area contributed by atoms with Crippen molar-refractivity contribution < 1.29 is 23.5 Å². The van der Waals surface area contributed by atoms with Crippen LogP contribution in [-0.4, -0.2) is 31.4 Å². The van der Waals surface area contributed by atoms with Crippen molar-refractivity contribution in [2.75, 3.05) is 24.3 Å². The number of carbonyl (C=O) groups is 3. The highest BCUT2D eigenvalue weighted by Crippen LogP contribution is 2.27. The summed E-state index contributed by atoms with van der Waals surface area (Å²) in [6.07, 6.45) is 0. The SMILES string of the molecule is COc1ccc(NC(=O)CNC(=O)c2cccc(F)c2)cc1NC(C)=O. The number of hydrogen-bond donors (Lipinski definition) is 3. The highest BCUT2D eigenvalue weighted by molar-refractivity contribution is 6.00. The maximum absolute atomic E-state index is 13.1. The third kappa shape index (κ3) is 5.30. The van der Waals surface area contributed by atoms with Crippen LogP contribution in [0.1, 0.15) is 17.3 Å². The molecule has 0 aliphatic rings. The summed E-state index contributed by atoms with van der Waals surface area (Å²) in [5, 5.41) is 7.59. The lowest BCUT2D eigenvalue weighted by atomic mass is 10.2. The Balaban J connectivity index is 1.97. The van der Waals surface area contributed by atoms with E-state index in [1.807, 2.05) is 0 Å². The fourth-order valence-corrected chi connectivity index (χ4v) is 2.17. The van der Waals surface area contributed by atoms with Gasteiger partial charge in [0, 0.05) is 18.2 Å². The lowest BCUT2D eigenvalue weighted by molar-refractivity contribution is -0.115. The summed E-state index contributed by atoms with van der Waals surface area (Å²) in [7, 11) is 1.46. The Morgan fingerprint density at radius 3 is 2.50 bits per heavy atom. The number of carbonyl (C=O) groups excluding carboxylic acids is 3. The second-order valence-corrected chi connectivity index (χ2v) is 5.34. The van der Waals surface area contributed by atoms with Gasteiger partial charge in [-0.3, -0.25) is 14.4 Å². The number of methoxy groups -OCH3 is 1. The number of rotatable bonds is 6. The molecule has 3 amide bonds. The first-order chi connectivity index (χ1) is 12.4. The molecule has 0 spiro atoms. The fourth-order valence-electron chi connectivity index (χ4n) is 2.17. The van der Waals surface area contributed by atoms with Gasteiger partial charge >= 0.3 is 0 Å². The zero-order valence-corrected chi connectivity index (χ0v) is 14.3. The summed E-state index contributed by atoms with van der Waals surface area (Å²) in [6.45, 7) is 1.06. The van der Waals surface area contributed by atoms with Crippen molar-refractivity contribution in [3.8, 4) is 5.75 Å². The Morgan fingerprint density at radius 1 is 1.08 bits per heavy atom. The number of ether oxygens (including phenoxy) is 1. The van der Waals surface area contributed by atoms with Crippen molar-refractivity contribution >= 4 is 29.1 Å². The van der Waals surface area contributed by atoms with Gasteiger partial charge in [0.05, 0.1) is 19.3 Å². The minimum absolute atomic E-state index is 0.121. The molecule has 0 heterocycles. The molecule has 0 bridgehead atoms. The summed E-state index contributed by atoms with van der Waals surface area (Å²) in [5.74, 6) is -1.42. The van der Waals surface area contributed by atoms with E-state index >= 15 is 0 Å². The van der Waals surface area contributed by atoms with E-state index in [4.69, 9.17) is 4.74 Å². The van der Waals surface area contributed by atoms with Gasteiger partial charge in [0.2, 0.25) is 11.8 Å². The van der Waals surface area contributed by atoms with Gasteiger partial charge in [0.15, 0.2) is 0 Å². The molecule has 0 aliphatic carbocycles. The van der Waals surface area contributed by atoms with Crippen molar-refractivity contribution in [3.63, 3.8) is 0 Å². The summed E-state index contributed by atoms with van der Waals surface area (Å²) in [4.78, 5) is 35.1. The molecule has 0 saturated heterocycles. The molecule has 0 aliphatic heterocycles. The molecule has 0 unspecified atom stereocenters. The van der Waals surface area contributed by atoms with Crippen molar-refractivity contribution in [1.29, 1.82) is 0 Å². The largest absolute Gasteiger partial charge is 0.495 e. The van der Waals surface area contributed by atoms with Crippen LogP contribution >= 0.6 is 0 Å². The molecule has 0 fully saturated rings. The van der Waals surface area contributed by atoms with Crippen LogP contribution in [0.25, 0.3) is 0 Å². The molecule has 0 saturated carbocycles. The Labute approximate surface area is 149 Å². The van der Waals surface area contributed by atoms with E-state index in [9.17, 15) is 18.8 Å². The van der Waals surface area contributed by atoms with Crippen LogP contribution in [0.15, 0.2) is 42.5 Å². The minimum Gasteiger partial charge on any atom is -0.495 e. The first kappa shape index (κ1) is 18.9. The normalized spacial score (nSPS) is 9.96. The van der Waals surface area contributed by atoms with Crippen molar-refractivity contribution in [2.45, 2.75) is 6.92 Å². The summed E-state index contributed by atoms with van der Waals surface area (Å²) < 4.78 is 18.2. The molecule has 2 rings (SSSR count). The lowest BCUT2D eigenvalue weighted by Gasteiger charge is -2.12. The lowest BCUT2D eigenvalue weighted by Crippen LogP contribution is -2.32. The first-order valence-electron chi connectivity index (χ1n) is 7.68. The molecular weight excluding hydrogens is 341 g/mol. The van der Waals surface area contributed by atoms with Gasteiger partial charge in [-0.2, -0.15) is 0 Å². The van der Waals surface area contributed by atoms with Gasteiger partial charge in [-0.05, 0) is 36.4 Å². The Hall–Kier alpha value is -3.42. The van der Waals surface area contributed by atoms with Gasteiger partial charge in [-0.25, -0.2) is 4.39 Å². The molecule has 3 N–H and O–H groups in total. The van der Waals surface area contributed by atoms with Crippen LogP contribution < -0.4 is 20.7 Å². The van der Waals surface area contributed by atoms with Gasteiger partial charge in [-0.1, -0.05) is 6.07 Å². The Bertz CT molecular complexity index is 839. The van der Waals surface area contributed by atoms with E-state index < -0.39 is 17.6 Å². The topological polar surface area (TPSA) is 96.5 Å². The molecule has 2 aromatic rings. The smallest absolute Gasteiger partial charge is 0.251 e. The second kappa shape index (κ2) is 8.61. The third-order valence-electron chi connectivity index (χ3n) is 3.29. The van der Waals surface area contributed by atoms with Crippen molar-refractivity contribution in [3.05, 3.63) is 53.8 Å². The number of anilines is 2. The quantitative estimate of drug-likeness (QED) is 0.736. The average Bonchev–Trinajstić information content (AvgIpc) is 2.59. The molecule has 0 aromatic heterocycles. The molecule has 136 valence electrons. The average molecular weight is 359 g/mol. The van der Waals surface area contributed by atoms with Crippen LogP contribution in [0.3, 0.4) is 0 Å². The van der Waals surface area contributed by atoms with Crippen LogP contribution in [0.4, 0.5) is 15.8 Å². The van der Waals surface area contributed by atoms with Gasteiger partial charge in [0.1, 0.15) is 11.6 Å². The molecule has 0 radical (unpaired) electrons. The number of hydrogen-bond acceptors (Lipinski definition) is 4. The van der Waals surface area contributed by atoms with Gasteiger partial charge in [-0.15, -0.1) is 0 Å². The highest BCUT2D eigenvalue weighted by Gasteiger charge is 2.11. The molecule has 2 aromatic carbocycles. The highest BCUT2D eigenvalue weighted by atomic mass is 19.1. The maximum Gasteiger partial charge on any atom is 0.251 e. The second-order valence-electron chi connectivity index (χ2n) is 5.34. The number of benzene rings is 2. The standard InChI is InChI=1S/C18H18FN3O4/c1-11(23)21-15-9-14(6-7-16(15)26-2)22-17(24)10-20-18(25)12-4-3-5-13(19)8-12/h3-9H,10H2,1-2H3,(H,20,25)(H,21,23)(H,22,24). The van der Waals surface area contributed by atoms with Crippen molar-refractivity contribution in [1.82, 2.24) is 5.32 Å². The zero-order valence-electron chi connectivity index (χ0n) is 14.3. The van der Waals surface area contributed by atoms with E-state index in [0.717, 1.165) is 6.07 Å². The summed E-state index contributed by atoms with van der Waals surface area (Å²) in [6, 6.07) is 9.87. The number of halogens is 1. The van der Waals surface area contributed by atoms with E-state index in [1.165, 1.54) is 38.3 Å². The predicted molar refractivity (Wildman–Crippen MR) is 94.7 cm³/mol. The van der Waals surface area contributed by atoms with Gasteiger partial charge in [0.25, 0.3) is 5.91 Å². The molecule has 26 heavy (non-hydrogen) atoms. The van der Waals surface area contributed by atoms with Gasteiger partial charge < -0.3 is 20.7 Å². The first-order valence-corrected chi connectivity index (χ1v) is 7.68. The minimum atomic E-state index is -0.562. The van der Waals surface area contributed by atoms with Crippen molar-refractivity contribution in [2.24, 2.45) is 0 Å². The van der Waals surface area contributed by atoms with Crippen LogP contribution in [0.5, 0.6) is 5.75 Å². The third-order valence-corrected chi connectivity index (χ3v) is 3.29. The maximum atomic E-state index is 13.1. The summed E-state index contributed by atoms with van der Waals surface area (Å²) in [5.41, 5.74) is 0.941. The number of amides is 3. The molecular formula is C18H18FN3O4. The van der Waals surface area contributed by atoms with Crippen LogP contribution in [0.2, 0.25) is 0 Å². The fraction of sp³-hybridized carbons (Fsp3) is 0.167. The zero-order chi connectivity index (χ0) is 19.1. The molecule has 0 atom stereocenters. The Kier molecular flexibility index (Phi) is 6.26. The summed E-state index contributed by atoms with van der Waals surface area (Å²) >= 11 is 0. The van der Waals surface area contributed by atoms with E-state index in [-0.39, 0.29) is 18.0 Å². The van der Waals surface area contributed by atoms with Crippen LogP contribution in [-0.2, 0) is 9.59 Å². The molecule has 7 nitrogen and oxygen atoms in total. The van der Waals surface area contributed by atoms with Crippen LogP contribution in [0, 0.1) is 5.82 Å². The van der Waals surface area contributed by atoms with E-state index in [2.05, 4.69) is 16.0 Å². The van der Waals surface area contributed by atoms with E-state index in [1.54, 1.807) is 12.1 Å². The number of nitrogens with one attached hydrogen (secondary N) is 3. The predicted octanol–water partition coefficient (Wildman–Crippen LogP) is 2.16. The monoisotopic (exact) mass is 359 g/mol. The Morgan fingerprint density at radius 2 is 1.85 bits per heavy atom. The molecule has 8 heteroatoms. The van der Waals surface area contributed by atoms with E-state index in [0.29, 0.717) is 17.1 Å².